The second kappa shape index (κ2) is 40.4. The number of amidine groups is 5. The summed E-state index contributed by atoms with van der Waals surface area (Å²) in [5.74, 6) is -0.412. The van der Waals surface area contributed by atoms with E-state index in [1.807, 2.05) is 0 Å². The van der Waals surface area contributed by atoms with Crippen LogP contribution in [0.5, 0.6) is 0 Å². The van der Waals surface area contributed by atoms with Gasteiger partial charge in [-0.05, 0) is 191 Å². The summed E-state index contributed by atoms with van der Waals surface area (Å²) >= 11 is 6.60. The lowest BCUT2D eigenvalue weighted by Gasteiger charge is -2.36. The molecule has 0 bridgehead atoms. The second-order valence-corrected chi connectivity index (χ2v) is 43.5. The Balaban J connectivity index is 0.000000157. The minimum atomic E-state index is -1.30. The number of nitrogen functional groups attached to an aromatic ring is 2. The van der Waals surface area contributed by atoms with Gasteiger partial charge in [-0.25, -0.2) is 63.5 Å². The summed E-state index contributed by atoms with van der Waals surface area (Å²) in [6, 6.07) is 24.6. The van der Waals surface area contributed by atoms with Crippen LogP contribution in [0.2, 0.25) is 0 Å². The standard InChI is InChI=1S/C18H21F2N3O4S.2C18H23F2N3O2S.C18H22F2N2O2S.C18H23FN2O3S/c1-17(2,3)27-16(24)21-15-22-18(8-11(19)6-10(18)9-28-15)13-7-12(23(25)26)4-5-14(13)20;2*1-17(2,3)25-16(24)22-15-23-18(8-11(19)6-10(18)9-26-15)13-7-12(21)4-5-14(13)20;1-17(2,3)24-16(23)21-15-22-18(13-6-4-5-7-14(13)20)9-12(19)8-11(18)10-25-15;1-17(2,3)24-16(23)20-15-21-18(13-6-4-5-7-14(13)19)9-12(22)8-11(18)10-25-15/h4-5,7,10-11H,6,8-9H2,1-3H3,(H,21,22,24);2*4-5,7,10-11H,6,8-9,21H2,1-3H3,(H,22,23,24);4-7,11-12H,8-10H2,1-3H3,(H,21,22,23);4-7,11-12,22H,8-10H2,1-3H3,(H,20,21,23)/t3*10-,11+,18-;11-,12+,18-;11-,12-,18-/m00000/s1. The number of hydrogen-bond donors (Lipinski definition) is 8. The molecule has 5 aromatic carbocycles. The first-order valence-electron chi connectivity index (χ1n) is 42.5. The first-order chi connectivity index (χ1) is 60.6. The molecule has 0 saturated heterocycles. The molecule has 5 aliphatic heterocycles. The number of halogens is 9. The van der Waals surface area contributed by atoms with Crippen molar-refractivity contribution in [2.45, 2.75) is 255 Å². The number of fused-ring (bicyclic) bond motifs is 5. The fraction of sp³-hybridized carbons (Fsp3) is 0.556. The van der Waals surface area contributed by atoms with Crippen molar-refractivity contribution in [3.63, 3.8) is 0 Å². The lowest BCUT2D eigenvalue weighted by atomic mass is 9.81. The topological polar surface area (TPSA) is 369 Å². The summed E-state index contributed by atoms with van der Waals surface area (Å²) in [5, 5.41) is 35.9. The number of aliphatic hydroxyl groups excluding tert-OH is 1. The number of carbonyl (C=O) groups is 5. The summed E-state index contributed by atoms with van der Waals surface area (Å²) in [4.78, 5) is 93.7. The van der Waals surface area contributed by atoms with E-state index in [0.29, 0.717) is 104 Å². The molecule has 5 aromatic rings. The lowest BCUT2D eigenvalue weighted by molar-refractivity contribution is -0.385. The maximum Gasteiger partial charge on any atom is 0.413 e. The van der Waals surface area contributed by atoms with Gasteiger partial charge >= 0.3 is 30.5 Å². The number of carbonyl (C=O) groups excluding carboxylic acids is 5. The molecule has 15 atom stereocenters. The number of anilines is 2. The number of aliphatic hydroxyl groups is 1. The number of thioether (sulfide) groups is 5. The summed E-state index contributed by atoms with van der Waals surface area (Å²) in [7, 11) is 0. The van der Waals surface area contributed by atoms with E-state index >= 15 is 0 Å². The summed E-state index contributed by atoms with van der Waals surface area (Å²) in [6.07, 6.45) is -5.90. The van der Waals surface area contributed by atoms with Crippen molar-refractivity contribution in [1.29, 1.82) is 0 Å². The van der Waals surface area contributed by atoms with Gasteiger partial charge < -0.3 is 40.3 Å². The molecule has 10 aliphatic rings. The zero-order valence-corrected chi connectivity index (χ0v) is 78.9. The average molecular weight is 1920 g/mol. The Morgan fingerprint density at radius 3 is 0.862 bits per heavy atom. The van der Waals surface area contributed by atoms with Gasteiger partial charge in [0, 0.05) is 142 Å². The van der Waals surface area contributed by atoms with E-state index in [-0.39, 0.29) is 95.1 Å². The summed E-state index contributed by atoms with van der Waals surface area (Å²) in [5.41, 5.74) is 5.07. The Labute approximate surface area is 770 Å². The molecule has 5 saturated carbocycles. The number of hydrogen-bond acceptors (Lipinski definition) is 25. The van der Waals surface area contributed by atoms with Crippen LogP contribution in [0.3, 0.4) is 0 Å². The van der Waals surface area contributed by atoms with E-state index in [4.69, 9.17) is 40.1 Å². The number of nitrogens with two attached hydrogens (primary N) is 2. The van der Waals surface area contributed by atoms with Crippen LogP contribution in [0, 0.1) is 68.8 Å². The SMILES string of the molecule is CC(C)(C)OC(=O)NC1=N[C@@]2(c3cc(N)ccc3F)C[C@H](F)C[C@H]2CS1.CC(C)(C)OC(=O)NC1=N[C@@]2(c3cc(N)ccc3F)C[C@H](F)C[C@H]2CS1.CC(C)(C)OC(=O)NC1=N[C@@]2(c3cc([N+](=O)[O-])ccc3F)C[C@H](F)C[C@H]2CS1.CC(C)(C)OC(=O)NC1=N[C@@]2(c3ccccc3F)C[C@@H](O)C[C@H]2CS1.CC(C)(C)OC(=O)NC1=N[C@@]2(c3ccccc3F)C[C@H](F)C[C@H]2CS1. The molecule has 5 aliphatic carbocycles. The maximum atomic E-state index is 14.7. The van der Waals surface area contributed by atoms with Crippen molar-refractivity contribution in [1.82, 2.24) is 26.6 Å². The molecule has 26 nitrogen and oxygen atoms in total. The van der Waals surface area contributed by atoms with Crippen LogP contribution in [-0.4, -0.2) is 154 Å². The first-order valence-corrected chi connectivity index (χ1v) is 47.4. The number of nitro benzene ring substituents is 1. The van der Waals surface area contributed by atoms with Gasteiger partial charge in [0.15, 0.2) is 25.8 Å². The number of nitrogens with one attached hydrogen (secondary N) is 5. The predicted molar refractivity (Wildman–Crippen MR) is 491 cm³/mol. The zero-order valence-electron chi connectivity index (χ0n) is 74.8. The van der Waals surface area contributed by atoms with Crippen LogP contribution in [0.25, 0.3) is 0 Å². The van der Waals surface area contributed by atoms with Crippen molar-refractivity contribution in [3.05, 3.63) is 170 Å². The Hall–Kier alpha value is -9.12. The van der Waals surface area contributed by atoms with E-state index in [2.05, 4.69) is 46.6 Å². The molecule has 0 radical (unpaired) electrons. The largest absolute Gasteiger partial charge is 0.444 e. The van der Waals surface area contributed by atoms with Crippen LogP contribution in [0.1, 0.15) is 196 Å². The molecule has 0 aromatic heterocycles. The van der Waals surface area contributed by atoms with Crippen molar-refractivity contribution in [3.8, 4) is 0 Å². The van der Waals surface area contributed by atoms with Crippen LogP contribution in [-0.2, 0) is 51.4 Å². The summed E-state index contributed by atoms with van der Waals surface area (Å²) < 4.78 is 156. The first kappa shape index (κ1) is 101. The van der Waals surface area contributed by atoms with E-state index in [9.17, 15) is 78.7 Å². The fourth-order valence-corrected chi connectivity index (χ4v) is 23.5. The van der Waals surface area contributed by atoms with Gasteiger partial charge in [-0.3, -0.25) is 61.7 Å². The number of nitrogens with zero attached hydrogens (tertiary/aromatic N) is 6. The minimum absolute atomic E-state index is 0.0179. The van der Waals surface area contributed by atoms with Crippen molar-refractivity contribution in [2.24, 2.45) is 54.6 Å². The molecule has 15 rings (SSSR count). The number of alkyl halides is 4. The molecule has 5 fully saturated rings. The predicted octanol–water partition coefficient (Wildman–Crippen LogP) is 20.1. The number of ether oxygens (including phenoxy) is 5. The van der Waals surface area contributed by atoms with Crippen LogP contribution in [0.4, 0.5) is 80.5 Å². The number of rotatable bonds is 6. The second-order valence-electron chi connectivity index (χ2n) is 38.5. The molecule has 5 heterocycles. The third-order valence-corrected chi connectivity index (χ3v) is 27.8. The van der Waals surface area contributed by atoms with Crippen molar-refractivity contribution < 1.29 is 97.2 Å². The van der Waals surface area contributed by atoms with Gasteiger partial charge in [0.2, 0.25) is 0 Å². The maximum absolute atomic E-state index is 14.7. The molecule has 10 N–H and O–H groups in total. The van der Waals surface area contributed by atoms with Crippen LogP contribution < -0.4 is 38.1 Å². The monoisotopic (exact) mass is 1910 g/mol. The van der Waals surface area contributed by atoms with Gasteiger partial charge in [0.1, 0.15) is 81.8 Å². The van der Waals surface area contributed by atoms with Crippen LogP contribution >= 0.6 is 58.8 Å². The van der Waals surface area contributed by atoms with E-state index in [0.717, 1.165) is 18.2 Å². The van der Waals surface area contributed by atoms with Gasteiger partial charge in [0.05, 0.1) is 38.7 Å². The van der Waals surface area contributed by atoms with Gasteiger partial charge in [-0.15, -0.1) is 0 Å². The highest BCUT2D eigenvalue weighted by atomic mass is 32.2. The number of non-ortho nitro benzene ring substituents is 1. The van der Waals surface area contributed by atoms with E-state index in [1.54, 1.807) is 140 Å². The molecule has 0 spiro atoms. The zero-order chi connectivity index (χ0) is 95.4. The minimum Gasteiger partial charge on any atom is -0.444 e. The van der Waals surface area contributed by atoms with Crippen molar-refractivity contribution in [2.75, 3.05) is 40.2 Å². The average Bonchev–Trinajstić information content (AvgIpc) is 1.46. The molecule has 130 heavy (non-hydrogen) atoms. The third-order valence-electron chi connectivity index (χ3n) is 22.6. The Bertz CT molecular complexity index is 4960. The fourth-order valence-electron chi connectivity index (χ4n) is 17.7. The molecule has 5 amide bonds. The Kier molecular flexibility index (Phi) is 31.5. The molecular formula is C90H112F9N13O13S5. The third kappa shape index (κ3) is 25.2. The van der Waals surface area contributed by atoms with Gasteiger partial charge in [-0.2, -0.15) is 0 Å². The number of aliphatic imine (C=N–C) groups is 5. The molecular weight excluding hydrogens is 1800 g/mol. The Morgan fingerprint density at radius 2 is 0.600 bits per heavy atom. The Morgan fingerprint density at radius 1 is 0.369 bits per heavy atom. The summed E-state index contributed by atoms with van der Waals surface area (Å²) in [6.45, 7) is 26.3. The number of benzene rings is 5. The van der Waals surface area contributed by atoms with E-state index in [1.165, 1.54) is 107 Å². The highest BCUT2D eigenvalue weighted by Crippen LogP contribution is 2.58. The normalized spacial score (nSPS) is 28.2. The van der Waals surface area contributed by atoms with Crippen molar-refractivity contribution >= 4 is 132 Å². The van der Waals surface area contributed by atoms with Crippen LogP contribution in [0.15, 0.2) is 128 Å². The van der Waals surface area contributed by atoms with E-state index < -0.39 is 145 Å². The highest BCUT2D eigenvalue weighted by Gasteiger charge is 2.58. The van der Waals surface area contributed by atoms with Gasteiger partial charge in [-0.1, -0.05) is 95.2 Å². The molecule has 0 unspecified atom stereocenters. The quantitative estimate of drug-likeness (QED) is 0.0257. The molecule has 708 valence electrons. The number of amides is 5. The number of nitro groups is 1. The molecule has 40 heteroatoms. The lowest BCUT2D eigenvalue weighted by Crippen LogP contribution is -2.42. The highest BCUT2D eigenvalue weighted by molar-refractivity contribution is 8.15. The van der Waals surface area contributed by atoms with Gasteiger partial charge in [0.25, 0.3) is 5.69 Å². The number of alkyl carbamates (subject to hydrolysis) is 5. The smallest absolute Gasteiger partial charge is 0.413 e.